The zero-order valence-electron chi connectivity index (χ0n) is 8.72. The molecule has 6 heteroatoms. The van der Waals surface area contributed by atoms with Crippen LogP contribution in [0.15, 0.2) is 30.3 Å². The molecule has 0 aliphatic rings. The number of nitrogens with two attached hydrogens (primary N) is 2. The van der Waals surface area contributed by atoms with E-state index in [1.165, 1.54) is 0 Å². The fourth-order valence-electron chi connectivity index (χ4n) is 1.29. The van der Waals surface area contributed by atoms with Crippen LogP contribution in [0.3, 0.4) is 0 Å². The van der Waals surface area contributed by atoms with Crippen molar-refractivity contribution < 1.29 is 9.59 Å². The lowest BCUT2D eigenvalue weighted by Gasteiger charge is -2.14. The Morgan fingerprint density at radius 2 is 1.94 bits per heavy atom. The largest absolute Gasteiger partial charge is 0.368 e. The number of carbonyl (C=O) groups excluding carboxylic acids is 2. The van der Waals surface area contributed by atoms with Crippen molar-refractivity contribution in [2.45, 2.75) is 12.5 Å². The Morgan fingerprint density at radius 3 is 2.44 bits per heavy atom. The topological polar surface area (TPSA) is 98.2 Å². The standard InChI is InChI=1S/C10H13BN3O2/c12-9(15)8(14-10(16)11-13)6-7-4-2-1-3-5-7/h1-5,8H,6,13H2,(H2,12,15)(H,14,16). The normalized spacial score (nSPS) is 11.6. The molecule has 5 N–H and O–H groups in total. The SMILES string of the molecule is N[B]C(=O)NC(Cc1ccccc1)C(N)=O. The molecule has 1 aromatic rings. The van der Waals surface area contributed by atoms with Gasteiger partial charge in [0.15, 0.2) is 5.81 Å². The number of hydrogen-bond donors (Lipinski definition) is 3. The molecule has 1 aromatic carbocycles. The molecule has 1 unspecified atom stereocenters. The molecule has 0 saturated carbocycles. The average Bonchev–Trinajstić information content (AvgIpc) is 2.29. The summed E-state index contributed by atoms with van der Waals surface area (Å²) in [5.41, 5.74) is 11.1. The maximum atomic E-state index is 11.1. The molecule has 0 heterocycles. The van der Waals surface area contributed by atoms with Crippen molar-refractivity contribution in [1.29, 1.82) is 0 Å². The first kappa shape index (κ1) is 12.3. The van der Waals surface area contributed by atoms with Crippen LogP contribution in [0.2, 0.25) is 0 Å². The Hall–Kier alpha value is -1.82. The third kappa shape index (κ3) is 3.74. The number of rotatable bonds is 5. The van der Waals surface area contributed by atoms with E-state index in [-0.39, 0.29) is 0 Å². The molecule has 5 nitrogen and oxygen atoms in total. The third-order valence-electron chi connectivity index (χ3n) is 2.09. The summed E-state index contributed by atoms with van der Waals surface area (Å²) in [6.45, 7) is 0. The molecule has 1 atom stereocenters. The van der Waals surface area contributed by atoms with Gasteiger partial charge in [-0.1, -0.05) is 30.3 Å². The van der Waals surface area contributed by atoms with Crippen molar-refractivity contribution in [1.82, 2.24) is 5.32 Å². The first-order valence-electron chi connectivity index (χ1n) is 4.82. The molecular weight excluding hydrogens is 205 g/mol. The predicted octanol–water partition coefficient (Wildman–Crippen LogP) is -0.630. The van der Waals surface area contributed by atoms with Crippen LogP contribution >= 0.6 is 0 Å². The molecule has 1 rings (SSSR count). The minimum absolute atomic E-state index is 0.357. The van der Waals surface area contributed by atoms with Crippen LogP contribution in [0.4, 0.5) is 4.79 Å². The van der Waals surface area contributed by atoms with E-state index in [9.17, 15) is 9.59 Å². The second kappa shape index (κ2) is 5.92. The molecular formula is C10H13BN3O2. The number of carbonyl (C=O) groups is 2. The Labute approximate surface area is 94.5 Å². The van der Waals surface area contributed by atoms with E-state index in [0.717, 1.165) is 13.0 Å². The van der Waals surface area contributed by atoms with E-state index in [4.69, 9.17) is 11.4 Å². The average molecular weight is 218 g/mol. The molecule has 0 aromatic heterocycles. The molecule has 0 fully saturated rings. The quantitative estimate of drug-likeness (QED) is 0.574. The summed E-state index contributed by atoms with van der Waals surface area (Å²) in [5, 5.41) is 2.42. The van der Waals surface area contributed by atoms with Crippen molar-refractivity contribution in [2.24, 2.45) is 11.4 Å². The molecule has 83 valence electrons. The van der Waals surface area contributed by atoms with E-state index >= 15 is 0 Å². The highest BCUT2D eigenvalue weighted by Crippen LogP contribution is 2.02. The molecule has 2 amide bonds. The summed E-state index contributed by atoms with van der Waals surface area (Å²) in [4.78, 5) is 22.1. The van der Waals surface area contributed by atoms with Crippen molar-refractivity contribution in [2.75, 3.05) is 0 Å². The van der Waals surface area contributed by atoms with Gasteiger partial charge in [0.05, 0.1) is 0 Å². The fourth-order valence-corrected chi connectivity index (χ4v) is 1.29. The van der Waals surface area contributed by atoms with Crippen LogP contribution in [0.25, 0.3) is 0 Å². The molecule has 0 spiro atoms. The smallest absolute Gasteiger partial charge is 0.323 e. The molecule has 16 heavy (non-hydrogen) atoms. The summed E-state index contributed by atoms with van der Waals surface area (Å²) >= 11 is 0. The Balaban J connectivity index is 2.65. The lowest BCUT2D eigenvalue weighted by molar-refractivity contribution is -0.119. The maximum absolute atomic E-state index is 11.1. The molecule has 1 radical (unpaired) electrons. The summed E-state index contributed by atoms with van der Waals surface area (Å²) in [6.07, 6.45) is 0.357. The lowest BCUT2D eigenvalue weighted by atomic mass is 9.94. The van der Waals surface area contributed by atoms with Gasteiger partial charge in [-0.25, -0.2) is 0 Å². The molecule has 0 bridgehead atoms. The van der Waals surface area contributed by atoms with Crippen LogP contribution in [-0.4, -0.2) is 25.2 Å². The van der Waals surface area contributed by atoms with Crippen molar-refractivity contribution in [3.63, 3.8) is 0 Å². The Kier molecular flexibility index (Phi) is 4.53. The first-order valence-corrected chi connectivity index (χ1v) is 4.82. The van der Waals surface area contributed by atoms with E-state index in [1.807, 2.05) is 30.3 Å². The fraction of sp³-hybridized carbons (Fsp3) is 0.200. The maximum Gasteiger partial charge on any atom is 0.323 e. The van der Waals surface area contributed by atoms with Gasteiger partial charge < -0.3 is 16.7 Å². The van der Waals surface area contributed by atoms with Crippen LogP contribution in [0, 0.1) is 0 Å². The van der Waals surface area contributed by atoms with Gasteiger partial charge in [0, 0.05) is 6.42 Å². The first-order chi connectivity index (χ1) is 7.63. The zero-order chi connectivity index (χ0) is 12.0. The summed E-state index contributed by atoms with van der Waals surface area (Å²) in [7, 11) is 0.862. The molecule has 0 saturated heterocycles. The van der Waals surface area contributed by atoms with Crippen LogP contribution in [0.1, 0.15) is 5.56 Å². The van der Waals surface area contributed by atoms with Gasteiger partial charge >= 0.3 is 7.41 Å². The van der Waals surface area contributed by atoms with Gasteiger partial charge in [-0.05, 0) is 5.56 Å². The van der Waals surface area contributed by atoms with Crippen LogP contribution in [-0.2, 0) is 11.2 Å². The minimum atomic E-state index is -0.741. The van der Waals surface area contributed by atoms with Crippen molar-refractivity contribution in [3.05, 3.63) is 35.9 Å². The monoisotopic (exact) mass is 218 g/mol. The lowest BCUT2D eigenvalue weighted by Crippen LogP contribution is -2.48. The van der Waals surface area contributed by atoms with Crippen LogP contribution in [0.5, 0.6) is 0 Å². The summed E-state index contributed by atoms with van der Waals surface area (Å²) in [6, 6.07) is 8.54. The van der Waals surface area contributed by atoms with E-state index < -0.39 is 17.8 Å². The van der Waals surface area contributed by atoms with E-state index in [0.29, 0.717) is 6.42 Å². The van der Waals surface area contributed by atoms with Gasteiger partial charge in [-0.2, -0.15) is 0 Å². The van der Waals surface area contributed by atoms with Gasteiger partial charge in [0.2, 0.25) is 5.91 Å². The van der Waals surface area contributed by atoms with E-state index in [2.05, 4.69) is 5.32 Å². The summed E-state index contributed by atoms with van der Waals surface area (Å²) in [5.74, 6) is -1.10. The Morgan fingerprint density at radius 1 is 1.31 bits per heavy atom. The van der Waals surface area contributed by atoms with Crippen molar-refractivity contribution in [3.8, 4) is 0 Å². The van der Waals surface area contributed by atoms with Gasteiger partial charge in [0.25, 0.3) is 0 Å². The van der Waals surface area contributed by atoms with Gasteiger partial charge in [0.1, 0.15) is 6.04 Å². The third-order valence-corrected chi connectivity index (χ3v) is 2.09. The second-order valence-corrected chi connectivity index (χ2v) is 3.32. The highest BCUT2D eigenvalue weighted by Gasteiger charge is 2.17. The molecule has 0 aliphatic heterocycles. The highest BCUT2D eigenvalue weighted by atomic mass is 16.2. The van der Waals surface area contributed by atoms with Crippen molar-refractivity contribution >= 4 is 19.1 Å². The van der Waals surface area contributed by atoms with E-state index in [1.54, 1.807) is 0 Å². The predicted molar refractivity (Wildman–Crippen MR) is 61.6 cm³/mol. The zero-order valence-corrected chi connectivity index (χ0v) is 8.72. The number of nitrogens with one attached hydrogen (secondary N) is 1. The number of amides is 2. The highest BCUT2D eigenvalue weighted by molar-refractivity contribution is 6.70. The number of hydrogen-bond acceptors (Lipinski definition) is 3. The minimum Gasteiger partial charge on any atom is -0.368 e. The molecule has 0 aliphatic carbocycles. The number of benzene rings is 1. The Bertz CT molecular complexity index is 370. The van der Waals surface area contributed by atoms with Gasteiger partial charge in [-0.15, -0.1) is 0 Å². The second-order valence-electron chi connectivity index (χ2n) is 3.32. The van der Waals surface area contributed by atoms with Crippen LogP contribution < -0.4 is 16.7 Å². The summed E-state index contributed by atoms with van der Waals surface area (Å²) < 4.78 is 0. The number of primary amides is 1. The van der Waals surface area contributed by atoms with Gasteiger partial charge in [-0.3, -0.25) is 9.59 Å².